The maximum absolute atomic E-state index is 9.21. The molecule has 0 saturated heterocycles. The van der Waals surface area contributed by atoms with Gasteiger partial charge >= 0.3 is 0 Å². The number of aromatic hydroxyl groups is 1. The predicted octanol–water partition coefficient (Wildman–Crippen LogP) is 4.04. The van der Waals surface area contributed by atoms with E-state index in [-0.39, 0.29) is 5.38 Å². The van der Waals surface area contributed by atoms with E-state index >= 15 is 0 Å². The molecular formula is C14H17ClO. The summed E-state index contributed by atoms with van der Waals surface area (Å²) in [6.45, 7) is 0. The quantitative estimate of drug-likeness (QED) is 0.607. The third-order valence-electron chi connectivity index (χ3n) is 3.01. The van der Waals surface area contributed by atoms with Gasteiger partial charge in [0.05, 0.1) is 5.38 Å². The molecule has 0 bridgehead atoms. The van der Waals surface area contributed by atoms with Gasteiger partial charge in [0.1, 0.15) is 5.75 Å². The summed E-state index contributed by atoms with van der Waals surface area (Å²) in [7, 11) is 0. The van der Waals surface area contributed by atoms with Crippen LogP contribution in [0.3, 0.4) is 0 Å². The summed E-state index contributed by atoms with van der Waals surface area (Å²) in [4.78, 5) is 0. The third kappa shape index (κ3) is 3.28. The molecule has 1 aromatic carbocycles. The van der Waals surface area contributed by atoms with E-state index in [1.165, 1.54) is 24.0 Å². The van der Waals surface area contributed by atoms with Crippen LogP contribution in [0.5, 0.6) is 5.75 Å². The first-order valence-electron chi connectivity index (χ1n) is 5.85. The minimum Gasteiger partial charge on any atom is -0.508 e. The van der Waals surface area contributed by atoms with Crippen molar-refractivity contribution in [2.75, 3.05) is 0 Å². The first-order valence-corrected chi connectivity index (χ1v) is 6.29. The van der Waals surface area contributed by atoms with Crippen LogP contribution in [0.2, 0.25) is 0 Å². The van der Waals surface area contributed by atoms with Gasteiger partial charge in [0.25, 0.3) is 0 Å². The van der Waals surface area contributed by atoms with Crippen molar-refractivity contribution in [3.8, 4) is 5.75 Å². The van der Waals surface area contributed by atoms with Gasteiger partial charge in [-0.1, -0.05) is 30.2 Å². The molecule has 0 aliphatic heterocycles. The van der Waals surface area contributed by atoms with Crippen LogP contribution < -0.4 is 0 Å². The normalized spacial score (nSPS) is 21.3. The molecule has 0 amide bonds. The monoisotopic (exact) mass is 236 g/mol. The van der Waals surface area contributed by atoms with Crippen molar-refractivity contribution in [1.82, 2.24) is 0 Å². The average Bonchev–Trinajstić information content (AvgIpc) is 2.46. The first-order chi connectivity index (χ1) is 7.74. The lowest BCUT2D eigenvalue weighted by atomic mass is 10.0. The summed E-state index contributed by atoms with van der Waals surface area (Å²) in [6.07, 6.45) is 7.90. The second-order valence-electron chi connectivity index (χ2n) is 4.43. The number of phenols is 1. The number of hydrogen-bond donors (Lipinski definition) is 1. The fraction of sp³-hybridized carbons (Fsp3) is 0.429. The number of hydrogen-bond acceptors (Lipinski definition) is 1. The molecule has 0 heterocycles. The summed E-state index contributed by atoms with van der Waals surface area (Å²) in [5.74, 6) is 0.328. The van der Waals surface area contributed by atoms with Gasteiger partial charge in [-0.2, -0.15) is 0 Å². The van der Waals surface area contributed by atoms with E-state index in [1.54, 1.807) is 12.1 Å². The molecule has 0 fully saturated rings. The van der Waals surface area contributed by atoms with Gasteiger partial charge in [-0.05, 0) is 43.4 Å². The topological polar surface area (TPSA) is 20.2 Å². The average molecular weight is 237 g/mol. The van der Waals surface area contributed by atoms with Crippen LogP contribution in [0.1, 0.15) is 31.2 Å². The lowest BCUT2D eigenvalue weighted by Crippen LogP contribution is -1.94. The Balaban J connectivity index is 2.05. The van der Waals surface area contributed by atoms with E-state index in [0.717, 1.165) is 19.3 Å². The van der Waals surface area contributed by atoms with Gasteiger partial charge in [-0.3, -0.25) is 0 Å². The fourth-order valence-corrected chi connectivity index (χ4v) is 2.47. The van der Waals surface area contributed by atoms with Crippen LogP contribution in [-0.4, -0.2) is 10.5 Å². The van der Waals surface area contributed by atoms with Crippen molar-refractivity contribution in [3.05, 3.63) is 41.5 Å². The molecular weight excluding hydrogens is 220 g/mol. The van der Waals surface area contributed by atoms with E-state index in [4.69, 9.17) is 11.6 Å². The molecule has 0 aromatic heterocycles. The minimum atomic E-state index is 0.203. The Morgan fingerprint density at radius 3 is 2.69 bits per heavy atom. The molecule has 86 valence electrons. The van der Waals surface area contributed by atoms with Crippen molar-refractivity contribution >= 4 is 11.6 Å². The number of allylic oxidation sites excluding steroid dienone is 2. The van der Waals surface area contributed by atoms with Crippen LogP contribution in [0, 0.1) is 0 Å². The number of phenolic OH excluding ortho intramolecular Hbond substituents is 1. The highest BCUT2D eigenvalue weighted by atomic mass is 35.5. The van der Waals surface area contributed by atoms with Gasteiger partial charge in [-0.15, -0.1) is 11.6 Å². The Morgan fingerprint density at radius 1 is 1.19 bits per heavy atom. The van der Waals surface area contributed by atoms with Crippen molar-refractivity contribution in [1.29, 1.82) is 0 Å². The van der Waals surface area contributed by atoms with E-state index in [1.807, 2.05) is 12.1 Å². The van der Waals surface area contributed by atoms with Gasteiger partial charge in [-0.25, -0.2) is 0 Å². The summed E-state index contributed by atoms with van der Waals surface area (Å²) < 4.78 is 0. The Hall–Kier alpha value is -0.950. The highest BCUT2D eigenvalue weighted by molar-refractivity contribution is 6.21. The molecule has 1 N–H and O–H groups in total. The molecule has 0 saturated carbocycles. The Bertz CT molecular complexity index is 367. The standard InChI is InChI=1S/C14H17ClO/c15-13-4-2-1-3-12(10-13)9-11-5-7-14(16)8-6-11/h5-8,10,13,16H,1-4,9H2. The van der Waals surface area contributed by atoms with Gasteiger partial charge in [0.15, 0.2) is 0 Å². The molecule has 2 heteroatoms. The van der Waals surface area contributed by atoms with Crippen molar-refractivity contribution in [2.24, 2.45) is 0 Å². The molecule has 1 nitrogen and oxygen atoms in total. The van der Waals surface area contributed by atoms with Crippen LogP contribution in [0.4, 0.5) is 0 Å². The smallest absolute Gasteiger partial charge is 0.115 e. The van der Waals surface area contributed by atoms with Crippen LogP contribution in [0.15, 0.2) is 35.9 Å². The molecule has 1 aliphatic rings. The molecule has 0 radical (unpaired) electrons. The van der Waals surface area contributed by atoms with Crippen molar-refractivity contribution in [2.45, 2.75) is 37.5 Å². The predicted molar refractivity (Wildman–Crippen MR) is 68.0 cm³/mol. The summed E-state index contributed by atoms with van der Waals surface area (Å²) in [5, 5.41) is 9.42. The summed E-state index contributed by atoms with van der Waals surface area (Å²) in [5.41, 5.74) is 2.68. The number of benzene rings is 1. The maximum atomic E-state index is 9.21. The maximum Gasteiger partial charge on any atom is 0.115 e. The fourth-order valence-electron chi connectivity index (χ4n) is 2.14. The second-order valence-corrected chi connectivity index (χ2v) is 4.99. The second kappa shape index (κ2) is 5.40. The first kappa shape index (κ1) is 11.5. The molecule has 16 heavy (non-hydrogen) atoms. The minimum absolute atomic E-state index is 0.203. The van der Waals surface area contributed by atoms with Crippen molar-refractivity contribution < 1.29 is 5.11 Å². The van der Waals surface area contributed by atoms with E-state index in [0.29, 0.717) is 5.75 Å². The van der Waals surface area contributed by atoms with Crippen LogP contribution in [0.25, 0.3) is 0 Å². The summed E-state index contributed by atoms with van der Waals surface area (Å²) >= 11 is 6.19. The zero-order valence-electron chi connectivity index (χ0n) is 9.32. The highest BCUT2D eigenvalue weighted by Gasteiger charge is 2.09. The number of rotatable bonds is 2. The summed E-state index contributed by atoms with van der Waals surface area (Å²) in [6, 6.07) is 7.43. The van der Waals surface area contributed by atoms with Gasteiger partial charge in [0.2, 0.25) is 0 Å². The molecule has 1 atom stereocenters. The van der Waals surface area contributed by atoms with E-state index in [2.05, 4.69) is 6.08 Å². The lowest BCUT2D eigenvalue weighted by Gasteiger charge is -2.06. The lowest BCUT2D eigenvalue weighted by molar-refractivity contribution is 0.475. The molecule has 2 rings (SSSR count). The Kier molecular flexibility index (Phi) is 3.89. The zero-order valence-corrected chi connectivity index (χ0v) is 10.1. The van der Waals surface area contributed by atoms with Gasteiger partial charge < -0.3 is 5.11 Å². The van der Waals surface area contributed by atoms with Crippen molar-refractivity contribution in [3.63, 3.8) is 0 Å². The Morgan fingerprint density at radius 2 is 1.94 bits per heavy atom. The largest absolute Gasteiger partial charge is 0.508 e. The van der Waals surface area contributed by atoms with Gasteiger partial charge in [0, 0.05) is 0 Å². The van der Waals surface area contributed by atoms with E-state index in [9.17, 15) is 5.11 Å². The highest BCUT2D eigenvalue weighted by Crippen LogP contribution is 2.24. The molecule has 0 spiro atoms. The Labute approximate surface area is 102 Å². The molecule has 1 aliphatic carbocycles. The van der Waals surface area contributed by atoms with E-state index < -0.39 is 0 Å². The molecule has 1 unspecified atom stereocenters. The molecule has 1 aromatic rings. The third-order valence-corrected chi connectivity index (χ3v) is 3.36. The SMILES string of the molecule is Oc1ccc(CC2=CC(Cl)CCCC2)cc1. The van der Waals surface area contributed by atoms with Crippen LogP contribution in [-0.2, 0) is 6.42 Å². The van der Waals surface area contributed by atoms with Crippen LogP contribution >= 0.6 is 11.6 Å². The number of alkyl halides is 1. The number of halogens is 1. The zero-order chi connectivity index (χ0) is 11.4.